The second kappa shape index (κ2) is 17.2. The Kier molecular flexibility index (Phi) is 10.9. The summed E-state index contributed by atoms with van der Waals surface area (Å²) in [5.41, 5.74) is 11.3. The first-order valence-electron chi connectivity index (χ1n) is 18.8. The third kappa shape index (κ3) is 8.43. The summed E-state index contributed by atoms with van der Waals surface area (Å²) in [7, 11) is 0. The number of hydrogen-bond donors (Lipinski definition) is 1. The molecule has 0 saturated carbocycles. The monoisotopic (exact) mass is 710 g/mol. The minimum absolute atomic E-state index is 0.408. The summed E-state index contributed by atoms with van der Waals surface area (Å²) in [6, 6.07) is 61.3. The van der Waals surface area contributed by atoms with Crippen molar-refractivity contribution in [2.45, 2.75) is 6.42 Å². The lowest BCUT2D eigenvalue weighted by Gasteiger charge is -2.28. The number of para-hydroxylation sites is 2. The fraction of sp³-hybridized carbons (Fsp3) is 0.0385. The molecule has 7 aromatic carbocycles. The van der Waals surface area contributed by atoms with Gasteiger partial charge in [-0.05, 0) is 99.8 Å². The number of ether oxygens (including phenoxy) is 1. The van der Waals surface area contributed by atoms with Gasteiger partial charge in [-0.15, -0.1) is 0 Å². The molecule has 0 spiro atoms. The number of hydrogen-bond acceptors (Lipinski definition) is 3. The van der Waals surface area contributed by atoms with E-state index in [1.54, 1.807) is 0 Å². The zero-order valence-electron chi connectivity index (χ0n) is 30.6. The zero-order valence-corrected chi connectivity index (χ0v) is 30.6. The van der Waals surface area contributed by atoms with Gasteiger partial charge in [-0.2, -0.15) is 0 Å². The molecule has 0 atom stereocenters. The van der Waals surface area contributed by atoms with E-state index in [1.165, 1.54) is 16.7 Å². The van der Waals surface area contributed by atoms with Crippen LogP contribution in [0.1, 0.15) is 16.7 Å². The molecule has 3 heteroatoms. The summed E-state index contributed by atoms with van der Waals surface area (Å²) in [4.78, 5) is 2.27. The van der Waals surface area contributed by atoms with Crippen molar-refractivity contribution in [3.63, 3.8) is 0 Å². The van der Waals surface area contributed by atoms with E-state index < -0.39 is 0 Å². The van der Waals surface area contributed by atoms with Crippen molar-refractivity contribution in [3.8, 4) is 16.9 Å². The minimum atomic E-state index is 0.408. The predicted octanol–water partition coefficient (Wildman–Crippen LogP) is 13.4. The number of benzene rings is 7. The van der Waals surface area contributed by atoms with E-state index in [9.17, 15) is 0 Å². The van der Waals surface area contributed by atoms with Crippen LogP contribution in [0.5, 0.6) is 5.75 Å². The molecule has 266 valence electrons. The van der Waals surface area contributed by atoms with E-state index in [0.29, 0.717) is 6.61 Å². The van der Waals surface area contributed by atoms with Crippen LogP contribution in [0.2, 0.25) is 0 Å². The van der Waals surface area contributed by atoms with Gasteiger partial charge < -0.3 is 15.0 Å². The van der Waals surface area contributed by atoms with Gasteiger partial charge in [0.1, 0.15) is 12.4 Å². The first kappa shape index (κ1) is 35.0. The van der Waals surface area contributed by atoms with Gasteiger partial charge in [-0.25, -0.2) is 0 Å². The fourth-order valence-electron chi connectivity index (χ4n) is 7.00. The summed E-state index contributed by atoms with van der Waals surface area (Å²) in [5.74, 6) is 0.884. The second-order valence-corrected chi connectivity index (χ2v) is 13.3. The van der Waals surface area contributed by atoms with Gasteiger partial charge in [0.15, 0.2) is 0 Å². The van der Waals surface area contributed by atoms with Crippen LogP contribution in [0.15, 0.2) is 224 Å². The highest BCUT2D eigenvalue weighted by Crippen LogP contribution is 2.36. The van der Waals surface area contributed by atoms with Crippen LogP contribution >= 0.6 is 0 Å². The summed E-state index contributed by atoms with van der Waals surface area (Å²) < 4.78 is 6.76. The average molecular weight is 711 g/mol. The molecule has 0 bridgehead atoms. The van der Waals surface area contributed by atoms with Crippen molar-refractivity contribution < 1.29 is 4.74 Å². The molecule has 0 radical (unpaired) electrons. The molecule has 1 N–H and O–H groups in total. The second-order valence-electron chi connectivity index (χ2n) is 13.3. The maximum absolute atomic E-state index is 6.76. The molecule has 0 aliphatic carbocycles. The number of allylic oxidation sites excluding steroid dienone is 7. The Balaban J connectivity index is 1.06. The van der Waals surface area contributed by atoms with Crippen LogP contribution in [-0.4, -0.2) is 6.61 Å². The van der Waals surface area contributed by atoms with Crippen LogP contribution in [0, 0.1) is 0 Å². The smallest absolute Gasteiger partial charge is 0.129 e. The third-order valence-corrected chi connectivity index (χ3v) is 9.74. The molecule has 0 unspecified atom stereocenters. The topological polar surface area (TPSA) is 24.5 Å². The molecule has 8 rings (SSSR count). The van der Waals surface area contributed by atoms with Gasteiger partial charge in [-0.1, -0.05) is 164 Å². The lowest BCUT2D eigenvalue weighted by Crippen LogP contribution is -2.21. The van der Waals surface area contributed by atoms with Crippen molar-refractivity contribution >= 4 is 39.5 Å². The Morgan fingerprint density at radius 2 is 1.27 bits per heavy atom. The van der Waals surface area contributed by atoms with E-state index >= 15 is 0 Å². The standard InChI is InChI=1S/C52H42N2O/c1-5-17-40(18-6-1)42(23-16-38-53-46-35-32-43(33-36-46)41-19-7-2-8-20-41)30-31-44-34-37-51-52-45(22-15-29-50(44)52)21-13-14-28-49(39-55-51)54(47-24-9-3-10-25-47)48-26-11-4-12-27-48/h1-20,22-38,53H,21,39H2/b14-13-,31-30-,38-16+,42-23+,49-28+. The lowest BCUT2D eigenvalue weighted by molar-refractivity contribution is 0.354. The van der Waals surface area contributed by atoms with Crippen molar-refractivity contribution in [2.75, 3.05) is 16.8 Å². The zero-order chi connectivity index (χ0) is 37.1. The Labute approximate surface area is 324 Å². The normalized spacial score (nSPS) is 14.6. The molecular weight excluding hydrogens is 669 g/mol. The number of rotatable bonds is 10. The molecule has 1 heterocycles. The Hall–Kier alpha value is -7.10. The van der Waals surface area contributed by atoms with E-state index in [0.717, 1.165) is 62.4 Å². The number of nitrogens with zero attached hydrogens (tertiary/aromatic N) is 1. The first-order chi connectivity index (χ1) is 27.3. The van der Waals surface area contributed by atoms with Crippen LogP contribution in [-0.2, 0) is 6.42 Å². The van der Waals surface area contributed by atoms with E-state index in [1.807, 2.05) is 24.4 Å². The van der Waals surface area contributed by atoms with Crippen LogP contribution in [0.25, 0.3) is 33.5 Å². The third-order valence-electron chi connectivity index (χ3n) is 9.74. The van der Waals surface area contributed by atoms with E-state index in [-0.39, 0.29) is 0 Å². The Bertz CT molecular complexity index is 2460. The quantitative estimate of drug-likeness (QED) is 0.143. The summed E-state index contributed by atoms with van der Waals surface area (Å²) in [6.07, 6.45) is 18.0. The molecule has 1 aliphatic rings. The molecule has 0 saturated heterocycles. The van der Waals surface area contributed by atoms with Gasteiger partial charge >= 0.3 is 0 Å². The van der Waals surface area contributed by atoms with Crippen molar-refractivity contribution in [1.82, 2.24) is 0 Å². The lowest BCUT2D eigenvalue weighted by atomic mass is 9.96. The Morgan fingerprint density at radius 3 is 1.98 bits per heavy atom. The first-order valence-corrected chi connectivity index (χ1v) is 18.8. The molecule has 3 nitrogen and oxygen atoms in total. The van der Waals surface area contributed by atoms with Gasteiger partial charge in [0.25, 0.3) is 0 Å². The van der Waals surface area contributed by atoms with Crippen LogP contribution < -0.4 is 15.0 Å². The highest BCUT2D eigenvalue weighted by atomic mass is 16.5. The predicted molar refractivity (Wildman–Crippen MR) is 233 cm³/mol. The summed E-state index contributed by atoms with van der Waals surface area (Å²) >= 11 is 0. The molecule has 55 heavy (non-hydrogen) atoms. The largest absolute Gasteiger partial charge is 0.487 e. The van der Waals surface area contributed by atoms with E-state index in [4.69, 9.17) is 4.74 Å². The minimum Gasteiger partial charge on any atom is -0.487 e. The Morgan fingerprint density at radius 1 is 0.618 bits per heavy atom. The molecule has 0 amide bonds. The fourth-order valence-corrected chi connectivity index (χ4v) is 7.00. The molecule has 7 aromatic rings. The van der Waals surface area contributed by atoms with Crippen molar-refractivity contribution in [1.29, 1.82) is 0 Å². The van der Waals surface area contributed by atoms with Gasteiger partial charge in [0.2, 0.25) is 0 Å². The highest BCUT2D eigenvalue weighted by molar-refractivity contribution is 5.98. The van der Waals surface area contributed by atoms with Crippen molar-refractivity contribution in [3.05, 3.63) is 241 Å². The van der Waals surface area contributed by atoms with Gasteiger partial charge in [-0.3, -0.25) is 0 Å². The van der Waals surface area contributed by atoms with Gasteiger partial charge in [0.05, 0.1) is 5.70 Å². The summed E-state index contributed by atoms with van der Waals surface area (Å²) in [5, 5.41) is 5.74. The van der Waals surface area contributed by atoms with Crippen LogP contribution in [0.3, 0.4) is 0 Å². The maximum atomic E-state index is 6.76. The molecule has 0 fully saturated rings. The number of anilines is 3. The maximum Gasteiger partial charge on any atom is 0.129 e. The van der Waals surface area contributed by atoms with Crippen molar-refractivity contribution in [2.24, 2.45) is 0 Å². The molecule has 1 aliphatic heterocycles. The number of nitrogens with one attached hydrogen (secondary N) is 1. The van der Waals surface area contributed by atoms with E-state index in [2.05, 4.69) is 210 Å². The highest BCUT2D eigenvalue weighted by Gasteiger charge is 2.17. The molecule has 0 aromatic heterocycles. The summed E-state index contributed by atoms with van der Waals surface area (Å²) in [6.45, 7) is 0.408. The SMILES string of the molecule is C1=C\Cc2cccc3c(\C=C/C(=C\C=C\Nc4ccc(-c5ccccc5)cc4)c4ccccc4)ccc(c23)OC\C(N(c2ccccc2)c2ccccc2)=C/1. The van der Waals surface area contributed by atoms with Gasteiger partial charge in [0, 0.05) is 28.6 Å². The average Bonchev–Trinajstić information content (AvgIpc) is 3.25. The van der Waals surface area contributed by atoms with Crippen LogP contribution in [0.4, 0.5) is 17.1 Å². The molecular formula is C52H42N2O.